The molecule has 168 valence electrons. The first kappa shape index (κ1) is 21.9. The van der Waals surface area contributed by atoms with Crippen molar-refractivity contribution in [3.63, 3.8) is 0 Å². The van der Waals surface area contributed by atoms with Gasteiger partial charge in [0.05, 0.1) is 24.5 Å². The summed E-state index contributed by atoms with van der Waals surface area (Å²) in [4.78, 5) is 30.6. The molecule has 32 heavy (non-hydrogen) atoms. The van der Waals surface area contributed by atoms with E-state index in [-0.39, 0.29) is 17.9 Å². The number of rotatable bonds is 6. The zero-order chi connectivity index (χ0) is 22.8. The average Bonchev–Trinajstić information content (AvgIpc) is 3.04. The van der Waals surface area contributed by atoms with Gasteiger partial charge in [0.1, 0.15) is 17.2 Å². The fourth-order valence-electron chi connectivity index (χ4n) is 4.26. The maximum Gasteiger partial charge on any atom is 0.282 e. The molecule has 0 spiro atoms. The molecule has 1 saturated heterocycles. The molecule has 2 amide bonds. The number of methoxy groups -OCH3 is 1. The summed E-state index contributed by atoms with van der Waals surface area (Å²) in [5.74, 6) is 1.35. The first-order valence-corrected chi connectivity index (χ1v) is 11.2. The second kappa shape index (κ2) is 9.07. The van der Waals surface area contributed by atoms with Crippen LogP contribution in [0.25, 0.3) is 5.57 Å². The van der Waals surface area contributed by atoms with Crippen LogP contribution in [0.4, 0.5) is 5.69 Å². The van der Waals surface area contributed by atoms with Gasteiger partial charge < -0.3 is 14.4 Å². The summed E-state index contributed by atoms with van der Waals surface area (Å²) in [5.41, 5.74) is 2.17. The standard InChI is InChI=1S/C26H30N2O4/c1-17(2)32-21-10-8-19(9-11-21)23-24(27-14-12-18(3)13-15-27)26(30)28(25(23)29)20-6-5-7-22(16-20)31-4/h5-11,16-18H,12-15H2,1-4H3. The van der Waals surface area contributed by atoms with Gasteiger partial charge in [-0.25, -0.2) is 4.90 Å². The van der Waals surface area contributed by atoms with Crippen molar-refractivity contribution in [1.82, 2.24) is 4.90 Å². The Bertz CT molecular complexity index is 1030. The van der Waals surface area contributed by atoms with Crippen LogP contribution in [0.1, 0.15) is 39.2 Å². The highest BCUT2D eigenvalue weighted by molar-refractivity contribution is 6.45. The maximum atomic E-state index is 13.6. The van der Waals surface area contributed by atoms with Crippen molar-refractivity contribution in [3.05, 3.63) is 59.8 Å². The van der Waals surface area contributed by atoms with Gasteiger partial charge in [0.25, 0.3) is 11.8 Å². The Balaban J connectivity index is 1.76. The number of amides is 2. The van der Waals surface area contributed by atoms with Crippen LogP contribution in [-0.2, 0) is 9.59 Å². The third kappa shape index (κ3) is 4.22. The molecule has 0 aliphatic carbocycles. The summed E-state index contributed by atoms with van der Waals surface area (Å²) < 4.78 is 11.1. The average molecular weight is 435 g/mol. The van der Waals surface area contributed by atoms with Crippen LogP contribution in [0, 0.1) is 5.92 Å². The van der Waals surface area contributed by atoms with Crippen LogP contribution in [0.5, 0.6) is 11.5 Å². The minimum Gasteiger partial charge on any atom is -0.497 e. The number of carbonyl (C=O) groups excluding carboxylic acids is 2. The Morgan fingerprint density at radius 2 is 1.62 bits per heavy atom. The van der Waals surface area contributed by atoms with Crippen molar-refractivity contribution in [2.24, 2.45) is 5.92 Å². The van der Waals surface area contributed by atoms with E-state index in [1.54, 1.807) is 31.4 Å². The van der Waals surface area contributed by atoms with E-state index in [9.17, 15) is 9.59 Å². The Morgan fingerprint density at radius 1 is 0.938 bits per heavy atom. The van der Waals surface area contributed by atoms with Crippen LogP contribution >= 0.6 is 0 Å². The fourth-order valence-corrected chi connectivity index (χ4v) is 4.26. The lowest BCUT2D eigenvalue weighted by atomic mass is 9.97. The predicted molar refractivity (Wildman–Crippen MR) is 125 cm³/mol. The van der Waals surface area contributed by atoms with Gasteiger partial charge in [0.15, 0.2) is 0 Å². The topological polar surface area (TPSA) is 59.1 Å². The van der Waals surface area contributed by atoms with E-state index in [0.717, 1.165) is 37.2 Å². The van der Waals surface area contributed by atoms with E-state index in [4.69, 9.17) is 9.47 Å². The Labute approximate surface area is 189 Å². The molecule has 2 heterocycles. The zero-order valence-electron chi connectivity index (χ0n) is 19.1. The summed E-state index contributed by atoms with van der Waals surface area (Å²) in [7, 11) is 1.57. The quantitative estimate of drug-likeness (QED) is 0.627. The number of anilines is 1. The van der Waals surface area contributed by atoms with Gasteiger partial charge in [0.2, 0.25) is 0 Å². The number of benzene rings is 2. The largest absolute Gasteiger partial charge is 0.497 e. The molecular formula is C26H30N2O4. The monoisotopic (exact) mass is 434 g/mol. The van der Waals surface area contributed by atoms with Crippen molar-refractivity contribution in [2.45, 2.75) is 39.7 Å². The van der Waals surface area contributed by atoms with E-state index < -0.39 is 0 Å². The molecule has 2 aliphatic rings. The summed E-state index contributed by atoms with van der Waals surface area (Å²) in [6.07, 6.45) is 2.06. The van der Waals surface area contributed by atoms with Crippen LogP contribution in [0.2, 0.25) is 0 Å². The highest BCUT2D eigenvalue weighted by Crippen LogP contribution is 2.37. The molecule has 0 N–H and O–H groups in total. The number of nitrogens with zero attached hydrogens (tertiary/aromatic N) is 2. The molecule has 0 unspecified atom stereocenters. The number of imide groups is 1. The molecule has 6 nitrogen and oxygen atoms in total. The molecule has 1 fully saturated rings. The number of hydrogen-bond donors (Lipinski definition) is 0. The number of ether oxygens (including phenoxy) is 2. The lowest BCUT2D eigenvalue weighted by Gasteiger charge is -2.32. The molecule has 4 rings (SSSR count). The molecule has 0 saturated carbocycles. The fraction of sp³-hybridized carbons (Fsp3) is 0.385. The SMILES string of the molecule is COc1cccc(N2C(=O)C(c3ccc(OC(C)C)cc3)=C(N3CCC(C)CC3)C2=O)c1. The molecule has 2 aromatic carbocycles. The molecule has 0 atom stereocenters. The molecule has 6 heteroatoms. The van der Waals surface area contributed by atoms with Gasteiger partial charge in [-0.05, 0) is 62.4 Å². The summed E-state index contributed by atoms with van der Waals surface area (Å²) in [5, 5.41) is 0. The minimum atomic E-state index is -0.311. The van der Waals surface area contributed by atoms with Crippen LogP contribution in [0.3, 0.4) is 0 Å². The third-order valence-electron chi connectivity index (χ3n) is 5.99. The van der Waals surface area contributed by atoms with Crippen molar-refractivity contribution >= 4 is 23.1 Å². The Morgan fingerprint density at radius 3 is 2.25 bits per heavy atom. The number of carbonyl (C=O) groups is 2. The van der Waals surface area contributed by atoms with Crippen LogP contribution in [0.15, 0.2) is 54.2 Å². The smallest absolute Gasteiger partial charge is 0.282 e. The normalized spacial score (nSPS) is 17.5. The lowest BCUT2D eigenvalue weighted by molar-refractivity contribution is -0.120. The van der Waals surface area contributed by atoms with Gasteiger partial charge >= 0.3 is 0 Å². The molecule has 2 aliphatic heterocycles. The molecular weight excluding hydrogens is 404 g/mol. The number of likely N-dealkylation sites (tertiary alicyclic amines) is 1. The number of piperidine rings is 1. The second-order valence-electron chi connectivity index (χ2n) is 8.73. The highest BCUT2D eigenvalue weighted by atomic mass is 16.5. The van der Waals surface area contributed by atoms with Gasteiger partial charge in [0, 0.05) is 19.2 Å². The minimum absolute atomic E-state index is 0.0595. The molecule has 0 aromatic heterocycles. The van der Waals surface area contributed by atoms with Gasteiger partial charge in [-0.15, -0.1) is 0 Å². The van der Waals surface area contributed by atoms with E-state index >= 15 is 0 Å². The summed E-state index contributed by atoms with van der Waals surface area (Å²) >= 11 is 0. The zero-order valence-corrected chi connectivity index (χ0v) is 19.1. The summed E-state index contributed by atoms with van der Waals surface area (Å²) in [6, 6.07) is 14.5. The Hall–Kier alpha value is -3.28. The van der Waals surface area contributed by atoms with E-state index in [1.165, 1.54) is 4.90 Å². The third-order valence-corrected chi connectivity index (χ3v) is 5.99. The summed E-state index contributed by atoms with van der Waals surface area (Å²) in [6.45, 7) is 7.69. The Kier molecular flexibility index (Phi) is 6.21. The maximum absolute atomic E-state index is 13.6. The molecule has 0 bridgehead atoms. The highest BCUT2D eigenvalue weighted by Gasteiger charge is 2.43. The van der Waals surface area contributed by atoms with Crippen molar-refractivity contribution in [2.75, 3.05) is 25.1 Å². The predicted octanol–water partition coefficient (Wildman–Crippen LogP) is 4.50. The van der Waals surface area contributed by atoms with Crippen molar-refractivity contribution in [1.29, 1.82) is 0 Å². The first-order chi connectivity index (χ1) is 15.4. The van der Waals surface area contributed by atoms with Gasteiger partial charge in [-0.3, -0.25) is 9.59 Å². The molecule has 0 radical (unpaired) electrons. The van der Waals surface area contributed by atoms with Crippen molar-refractivity contribution < 1.29 is 19.1 Å². The van der Waals surface area contributed by atoms with Gasteiger partial charge in [-0.2, -0.15) is 0 Å². The van der Waals surface area contributed by atoms with Crippen molar-refractivity contribution in [3.8, 4) is 11.5 Å². The van der Waals surface area contributed by atoms with Gasteiger partial charge in [-0.1, -0.05) is 25.1 Å². The van der Waals surface area contributed by atoms with E-state index in [1.807, 2.05) is 38.1 Å². The second-order valence-corrected chi connectivity index (χ2v) is 8.73. The van der Waals surface area contributed by atoms with Crippen LogP contribution in [-0.4, -0.2) is 43.0 Å². The number of hydrogen-bond acceptors (Lipinski definition) is 5. The van der Waals surface area contributed by atoms with E-state index in [2.05, 4.69) is 11.8 Å². The first-order valence-electron chi connectivity index (χ1n) is 11.2. The van der Waals surface area contributed by atoms with E-state index in [0.29, 0.717) is 28.6 Å². The lowest BCUT2D eigenvalue weighted by Crippen LogP contribution is -2.38. The molecule has 2 aromatic rings. The van der Waals surface area contributed by atoms with Crippen LogP contribution < -0.4 is 14.4 Å².